The van der Waals surface area contributed by atoms with Crippen LogP contribution >= 0.6 is 0 Å². The highest BCUT2D eigenvalue weighted by atomic mass is 16.5. The Hall–Kier alpha value is -0.610. The number of hydrogen-bond donors (Lipinski definition) is 1. The van der Waals surface area contributed by atoms with Crippen molar-refractivity contribution in [3.63, 3.8) is 0 Å². The van der Waals surface area contributed by atoms with Crippen LogP contribution in [0.4, 0.5) is 0 Å². The second-order valence-electron chi connectivity index (χ2n) is 4.21. The summed E-state index contributed by atoms with van der Waals surface area (Å²) in [6, 6.07) is 0.334. The van der Waals surface area contributed by atoms with Crippen LogP contribution < -0.4 is 5.73 Å². The van der Waals surface area contributed by atoms with Crippen molar-refractivity contribution in [1.82, 2.24) is 4.90 Å². The fourth-order valence-corrected chi connectivity index (χ4v) is 1.99. The molecular formula is C11H22N2O2. The highest BCUT2D eigenvalue weighted by Crippen LogP contribution is 2.21. The number of piperidine rings is 1. The Morgan fingerprint density at radius 2 is 2.27 bits per heavy atom. The number of ether oxygens (including phenoxy) is 1. The lowest BCUT2D eigenvalue weighted by Gasteiger charge is -2.37. The average Bonchev–Trinajstić information content (AvgIpc) is 2.26. The Labute approximate surface area is 91.8 Å². The largest absolute Gasteiger partial charge is 0.372 e. The molecule has 4 nitrogen and oxygen atoms in total. The topological polar surface area (TPSA) is 55.6 Å². The number of nitrogens with two attached hydrogens (primary N) is 1. The highest BCUT2D eigenvalue weighted by Gasteiger charge is 2.27. The molecule has 0 bridgehead atoms. The minimum Gasteiger partial charge on any atom is -0.372 e. The molecule has 1 aliphatic rings. The Bertz CT molecular complexity index is 209. The van der Waals surface area contributed by atoms with Crippen molar-refractivity contribution in [3.05, 3.63) is 0 Å². The van der Waals surface area contributed by atoms with Crippen LogP contribution in [0.25, 0.3) is 0 Å². The van der Waals surface area contributed by atoms with Crippen LogP contribution in [-0.2, 0) is 9.53 Å². The van der Waals surface area contributed by atoms with Gasteiger partial charge in [0, 0.05) is 19.2 Å². The zero-order chi connectivity index (χ0) is 11.3. The van der Waals surface area contributed by atoms with Gasteiger partial charge in [-0.05, 0) is 39.2 Å². The summed E-state index contributed by atoms with van der Waals surface area (Å²) in [7, 11) is 0. The molecule has 15 heavy (non-hydrogen) atoms. The van der Waals surface area contributed by atoms with E-state index in [2.05, 4.69) is 6.92 Å². The van der Waals surface area contributed by atoms with E-state index in [-0.39, 0.29) is 12.5 Å². The van der Waals surface area contributed by atoms with Crippen molar-refractivity contribution in [1.29, 1.82) is 0 Å². The van der Waals surface area contributed by atoms with Crippen molar-refractivity contribution >= 4 is 5.91 Å². The van der Waals surface area contributed by atoms with Gasteiger partial charge < -0.3 is 15.4 Å². The first-order chi connectivity index (χ1) is 7.19. The molecule has 1 aliphatic heterocycles. The molecular weight excluding hydrogens is 192 g/mol. The summed E-state index contributed by atoms with van der Waals surface area (Å²) in [6.07, 6.45) is 2.19. The molecule has 0 aromatic rings. The molecule has 1 amide bonds. The van der Waals surface area contributed by atoms with E-state index in [0.29, 0.717) is 25.1 Å². The van der Waals surface area contributed by atoms with E-state index in [1.807, 2.05) is 11.8 Å². The van der Waals surface area contributed by atoms with Crippen LogP contribution in [-0.4, -0.2) is 43.2 Å². The van der Waals surface area contributed by atoms with E-state index >= 15 is 0 Å². The summed E-state index contributed by atoms with van der Waals surface area (Å²) in [5.74, 6) is 0.564. The number of likely N-dealkylation sites (tertiary alicyclic amines) is 1. The number of amides is 1. The lowest BCUT2D eigenvalue weighted by molar-refractivity contribution is -0.140. The summed E-state index contributed by atoms with van der Waals surface area (Å²) in [6.45, 7) is 6.26. The molecule has 2 atom stereocenters. The molecule has 0 saturated carbocycles. The van der Waals surface area contributed by atoms with Crippen LogP contribution in [0.3, 0.4) is 0 Å². The highest BCUT2D eigenvalue weighted by molar-refractivity contribution is 5.77. The molecule has 0 spiro atoms. The molecule has 1 saturated heterocycles. The Morgan fingerprint density at radius 3 is 2.87 bits per heavy atom. The van der Waals surface area contributed by atoms with Gasteiger partial charge in [0.05, 0.1) is 0 Å². The van der Waals surface area contributed by atoms with Crippen LogP contribution in [0.15, 0.2) is 0 Å². The fraction of sp³-hybridized carbons (Fsp3) is 0.909. The summed E-state index contributed by atoms with van der Waals surface area (Å²) < 4.78 is 5.14. The van der Waals surface area contributed by atoms with Gasteiger partial charge >= 0.3 is 0 Å². The second kappa shape index (κ2) is 6.08. The predicted molar refractivity (Wildman–Crippen MR) is 59.4 cm³/mol. The van der Waals surface area contributed by atoms with Gasteiger partial charge in [-0.2, -0.15) is 0 Å². The molecule has 1 fully saturated rings. The molecule has 4 heteroatoms. The lowest BCUT2D eigenvalue weighted by Crippen LogP contribution is -2.48. The lowest BCUT2D eigenvalue weighted by atomic mass is 9.93. The third-order valence-electron chi connectivity index (χ3n) is 3.06. The minimum atomic E-state index is 0.0995. The van der Waals surface area contributed by atoms with Gasteiger partial charge in [0.15, 0.2) is 0 Å². The maximum Gasteiger partial charge on any atom is 0.248 e. The Balaban J connectivity index is 2.46. The van der Waals surface area contributed by atoms with Crippen molar-refractivity contribution in [2.75, 3.05) is 26.3 Å². The first-order valence-corrected chi connectivity index (χ1v) is 5.76. The molecule has 2 N–H and O–H groups in total. The van der Waals surface area contributed by atoms with Gasteiger partial charge in [-0.15, -0.1) is 0 Å². The maximum atomic E-state index is 11.8. The number of carbonyl (C=O) groups excluding carboxylic acids is 1. The maximum absolute atomic E-state index is 11.8. The van der Waals surface area contributed by atoms with Gasteiger partial charge in [-0.25, -0.2) is 0 Å². The molecule has 1 rings (SSSR count). The van der Waals surface area contributed by atoms with Crippen LogP contribution in [0.5, 0.6) is 0 Å². The second-order valence-corrected chi connectivity index (χ2v) is 4.21. The van der Waals surface area contributed by atoms with Gasteiger partial charge in [-0.1, -0.05) is 0 Å². The third-order valence-corrected chi connectivity index (χ3v) is 3.06. The molecule has 0 aromatic carbocycles. The van der Waals surface area contributed by atoms with Gasteiger partial charge in [-0.3, -0.25) is 4.79 Å². The van der Waals surface area contributed by atoms with Crippen LogP contribution in [0.1, 0.15) is 26.7 Å². The van der Waals surface area contributed by atoms with E-state index in [9.17, 15) is 4.79 Å². The molecule has 0 radical (unpaired) electrons. The van der Waals surface area contributed by atoms with Crippen LogP contribution in [0.2, 0.25) is 0 Å². The number of nitrogens with zero attached hydrogens (tertiary/aromatic N) is 1. The van der Waals surface area contributed by atoms with Crippen molar-refractivity contribution in [2.45, 2.75) is 32.7 Å². The number of carbonyl (C=O) groups is 1. The minimum absolute atomic E-state index is 0.0995. The zero-order valence-electron chi connectivity index (χ0n) is 9.74. The number of rotatable bonds is 4. The standard InChI is InChI=1S/C11H22N2O2/c1-3-15-8-11(14)13-7-10(6-12)5-4-9(13)2/h9-10H,3-8,12H2,1-2H3. The predicted octanol–water partition coefficient (Wildman–Crippen LogP) is 0.609. The van der Waals surface area contributed by atoms with Gasteiger partial charge in [0.25, 0.3) is 0 Å². The molecule has 88 valence electrons. The van der Waals surface area contributed by atoms with Crippen molar-refractivity contribution < 1.29 is 9.53 Å². The zero-order valence-corrected chi connectivity index (χ0v) is 9.74. The summed E-state index contributed by atoms with van der Waals surface area (Å²) in [4.78, 5) is 13.7. The summed E-state index contributed by atoms with van der Waals surface area (Å²) >= 11 is 0. The smallest absolute Gasteiger partial charge is 0.248 e. The summed E-state index contributed by atoms with van der Waals surface area (Å²) in [5, 5.41) is 0. The molecule has 0 aromatic heterocycles. The first kappa shape index (κ1) is 12.5. The van der Waals surface area contributed by atoms with E-state index in [4.69, 9.17) is 10.5 Å². The monoisotopic (exact) mass is 214 g/mol. The van der Waals surface area contributed by atoms with E-state index in [0.717, 1.165) is 19.4 Å². The van der Waals surface area contributed by atoms with E-state index in [1.165, 1.54) is 0 Å². The quantitative estimate of drug-likeness (QED) is 0.746. The molecule has 1 heterocycles. The SMILES string of the molecule is CCOCC(=O)N1CC(CN)CCC1C. The normalized spacial score (nSPS) is 26.7. The van der Waals surface area contributed by atoms with Gasteiger partial charge in [0.2, 0.25) is 5.91 Å². The van der Waals surface area contributed by atoms with Gasteiger partial charge in [0.1, 0.15) is 6.61 Å². The molecule has 0 aliphatic carbocycles. The average molecular weight is 214 g/mol. The number of hydrogen-bond acceptors (Lipinski definition) is 3. The van der Waals surface area contributed by atoms with E-state index in [1.54, 1.807) is 0 Å². The Kier molecular flexibility index (Phi) is 5.05. The molecule has 2 unspecified atom stereocenters. The third kappa shape index (κ3) is 3.47. The fourth-order valence-electron chi connectivity index (χ4n) is 1.99. The van der Waals surface area contributed by atoms with E-state index < -0.39 is 0 Å². The van der Waals surface area contributed by atoms with Crippen LogP contribution in [0, 0.1) is 5.92 Å². The summed E-state index contributed by atoms with van der Waals surface area (Å²) in [5.41, 5.74) is 5.64. The first-order valence-electron chi connectivity index (χ1n) is 5.76. The van der Waals surface area contributed by atoms with Crippen molar-refractivity contribution in [3.8, 4) is 0 Å². The Morgan fingerprint density at radius 1 is 1.53 bits per heavy atom. The van der Waals surface area contributed by atoms with Crippen molar-refractivity contribution in [2.24, 2.45) is 11.7 Å².